The van der Waals surface area contributed by atoms with E-state index in [0.29, 0.717) is 5.56 Å². The Bertz CT molecular complexity index is 1040. The van der Waals surface area contributed by atoms with Crippen LogP contribution in [0.1, 0.15) is 15.2 Å². The standard InChI is InChI=1S/C21H16N2OS2/c24-21(23-19-10-3-9-18-16(19)8-4-12-22-18)17-7-1-2-11-20(17)26-14-15-6-5-13-25-15/h1-13H,14H2,(H,23,24). The van der Waals surface area contributed by atoms with Crippen molar-refractivity contribution in [3.05, 3.63) is 88.7 Å². The average Bonchev–Trinajstić information content (AvgIpc) is 3.20. The van der Waals surface area contributed by atoms with Gasteiger partial charge in [-0.2, -0.15) is 0 Å². The van der Waals surface area contributed by atoms with Crippen molar-refractivity contribution >= 4 is 45.6 Å². The number of anilines is 1. The number of carbonyl (C=O) groups is 1. The lowest BCUT2D eigenvalue weighted by Gasteiger charge is -2.11. The molecule has 1 amide bonds. The van der Waals surface area contributed by atoms with Gasteiger partial charge in [0, 0.05) is 27.1 Å². The van der Waals surface area contributed by atoms with Gasteiger partial charge < -0.3 is 5.32 Å². The second-order valence-electron chi connectivity index (χ2n) is 5.69. The van der Waals surface area contributed by atoms with Crippen LogP contribution in [0.5, 0.6) is 0 Å². The molecule has 2 aromatic carbocycles. The molecule has 0 atom stereocenters. The molecule has 128 valence electrons. The molecule has 2 heterocycles. The molecule has 1 N–H and O–H groups in total. The second-order valence-corrected chi connectivity index (χ2v) is 7.74. The molecule has 0 aliphatic rings. The van der Waals surface area contributed by atoms with Crippen LogP contribution in [0, 0.1) is 0 Å². The molecule has 0 saturated carbocycles. The number of rotatable bonds is 5. The molecule has 0 unspecified atom stereocenters. The lowest BCUT2D eigenvalue weighted by Crippen LogP contribution is -2.13. The van der Waals surface area contributed by atoms with Crippen molar-refractivity contribution < 1.29 is 4.79 Å². The Kier molecular flexibility index (Phi) is 5.00. The first-order valence-electron chi connectivity index (χ1n) is 8.20. The summed E-state index contributed by atoms with van der Waals surface area (Å²) in [5.41, 5.74) is 2.33. The van der Waals surface area contributed by atoms with E-state index < -0.39 is 0 Å². The highest BCUT2D eigenvalue weighted by Gasteiger charge is 2.13. The van der Waals surface area contributed by atoms with Gasteiger partial charge in [-0.15, -0.1) is 23.1 Å². The van der Waals surface area contributed by atoms with Crippen LogP contribution in [-0.4, -0.2) is 10.9 Å². The number of pyridine rings is 1. The highest BCUT2D eigenvalue weighted by Crippen LogP contribution is 2.29. The van der Waals surface area contributed by atoms with E-state index in [2.05, 4.69) is 21.7 Å². The maximum Gasteiger partial charge on any atom is 0.256 e. The maximum atomic E-state index is 12.9. The largest absolute Gasteiger partial charge is 0.321 e. The highest BCUT2D eigenvalue weighted by molar-refractivity contribution is 7.98. The zero-order chi connectivity index (χ0) is 17.8. The van der Waals surface area contributed by atoms with Gasteiger partial charge in [0.1, 0.15) is 0 Å². The lowest BCUT2D eigenvalue weighted by molar-refractivity contribution is 0.102. The Morgan fingerprint density at radius 3 is 2.81 bits per heavy atom. The van der Waals surface area contributed by atoms with Crippen molar-refractivity contribution in [2.75, 3.05) is 5.32 Å². The molecule has 0 spiro atoms. The molecular weight excluding hydrogens is 360 g/mol. The number of thioether (sulfide) groups is 1. The summed E-state index contributed by atoms with van der Waals surface area (Å²) in [4.78, 5) is 19.5. The van der Waals surface area contributed by atoms with Crippen LogP contribution < -0.4 is 5.32 Å². The molecular formula is C21H16N2OS2. The van der Waals surface area contributed by atoms with Crippen LogP contribution in [0.3, 0.4) is 0 Å². The molecule has 5 heteroatoms. The predicted molar refractivity (Wildman–Crippen MR) is 110 cm³/mol. The van der Waals surface area contributed by atoms with E-state index in [0.717, 1.165) is 27.2 Å². The maximum absolute atomic E-state index is 12.9. The van der Waals surface area contributed by atoms with Gasteiger partial charge in [0.2, 0.25) is 0 Å². The first-order valence-corrected chi connectivity index (χ1v) is 10.1. The summed E-state index contributed by atoms with van der Waals surface area (Å²) in [6, 6.07) is 21.5. The van der Waals surface area contributed by atoms with Gasteiger partial charge in [-0.3, -0.25) is 9.78 Å². The Morgan fingerprint density at radius 1 is 1.00 bits per heavy atom. The molecule has 0 aliphatic carbocycles. The summed E-state index contributed by atoms with van der Waals surface area (Å²) in [7, 11) is 0. The number of hydrogen-bond donors (Lipinski definition) is 1. The molecule has 0 fully saturated rings. The minimum atomic E-state index is -0.101. The van der Waals surface area contributed by atoms with E-state index in [1.807, 2.05) is 60.7 Å². The van der Waals surface area contributed by atoms with Crippen molar-refractivity contribution in [2.45, 2.75) is 10.6 Å². The Morgan fingerprint density at radius 2 is 1.92 bits per heavy atom. The summed E-state index contributed by atoms with van der Waals surface area (Å²) in [6.07, 6.45) is 1.75. The van der Waals surface area contributed by atoms with E-state index in [4.69, 9.17) is 0 Å². The van der Waals surface area contributed by atoms with Crippen LogP contribution in [0.15, 0.2) is 83.2 Å². The molecule has 0 aliphatic heterocycles. The van der Waals surface area contributed by atoms with E-state index >= 15 is 0 Å². The van der Waals surface area contributed by atoms with Crippen molar-refractivity contribution in [3.8, 4) is 0 Å². The van der Waals surface area contributed by atoms with Crippen molar-refractivity contribution in [1.29, 1.82) is 0 Å². The summed E-state index contributed by atoms with van der Waals surface area (Å²) in [5.74, 6) is 0.760. The van der Waals surface area contributed by atoms with Crippen LogP contribution in [-0.2, 0) is 5.75 Å². The number of carbonyl (C=O) groups excluding carboxylic acids is 1. The zero-order valence-electron chi connectivity index (χ0n) is 13.9. The number of benzene rings is 2. The number of nitrogens with zero attached hydrogens (tertiary/aromatic N) is 1. The third kappa shape index (κ3) is 3.64. The summed E-state index contributed by atoms with van der Waals surface area (Å²) < 4.78 is 0. The number of amides is 1. The molecule has 4 rings (SSSR count). The summed E-state index contributed by atoms with van der Waals surface area (Å²) in [6.45, 7) is 0. The SMILES string of the molecule is O=C(Nc1cccc2ncccc12)c1ccccc1SCc1cccs1. The Hall–Kier alpha value is -2.63. The van der Waals surface area contributed by atoms with Gasteiger partial charge in [-0.1, -0.05) is 24.3 Å². The van der Waals surface area contributed by atoms with Gasteiger partial charge in [0.05, 0.1) is 16.8 Å². The zero-order valence-corrected chi connectivity index (χ0v) is 15.5. The quantitative estimate of drug-likeness (QED) is 0.445. The molecule has 0 radical (unpaired) electrons. The molecule has 2 aromatic heterocycles. The monoisotopic (exact) mass is 376 g/mol. The Balaban J connectivity index is 1.58. The summed E-state index contributed by atoms with van der Waals surface area (Å²) in [5, 5.41) is 6.05. The minimum Gasteiger partial charge on any atom is -0.321 e. The van der Waals surface area contributed by atoms with Crippen molar-refractivity contribution in [2.24, 2.45) is 0 Å². The second kappa shape index (κ2) is 7.72. The van der Waals surface area contributed by atoms with Gasteiger partial charge in [0.25, 0.3) is 5.91 Å². The fourth-order valence-electron chi connectivity index (χ4n) is 2.73. The van der Waals surface area contributed by atoms with Crippen LogP contribution in [0.4, 0.5) is 5.69 Å². The molecule has 3 nitrogen and oxygen atoms in total. The van der Waals surface area contributed by atoms with Crippen LogP contribution >= 0.6 is 23.1 Å². The van der Waals surface area contributed by atoms with Gasteiger partial charge in [0.15, 0.2) is 0 Å². The number of nitrogens with one attached hydrogen (secondary N) is 1. The lowest BCUT2D eigenvalue weighted by atomic mass is 10.1. The van der Waals surface area contributed by atoms with E-state index in [1.165, 1.54) is 4.88 Å². The van der Waals surface area contributed by atoms with Gasteiger partial charge >= 0.3 is 0 Å². The fourth-order valence-corrected chi connectivity index (χ4v) is 4.55. The summed E-state index contributed by atoms with van der Waals surface area (Å²) >= 11 is 3.42. The number of aromatic nitrogens is 1. The predicted octanol–water partition coefficient (Wildman–Crippen LogP) is 5.84. The molecule has 0 saturated heterocycles. The third-order valence-corrected chi connectivity index (χ3v) is 6.16. The Labute approximate surface area is 160 Å². The third-order valence-electron chi connectivity index (χ3n) is 3.98. The van der Waals surface area contributed by atoms with Gasteiger partial charge in [-0.05, 0) is 47.8 Å². The average molecular weight is 377 g/mol. The van der Waals surface area contributed by atoms with E-state index in [9.17, 15) is 4.79 Å². The highest BCUT2D eigenvalue weighted by atomic mass is 32.2. The number of fused-ring (bicyclic) bond motifs is 1. The van der Waals surface area contributed by atoms with E-state index in [1.54, 1.807) is 29.3 Å². The van der Waals surface area contributed by atoms with Crippen molar-refractivity contribution in [1.82, 2.24) is 4.98 Å². The smallest absolute Gasteiger partial charge is 0.256 e. The van der Waals surface area contributed by atoms with E-state index in [-0.39, 0.29) is 5.91 Å². The molecule has 4 aromatic rings. The van der Waals surface area contributed by atoms with Gasteiger partial charge in [-0.25, -0.2) is 0 Å². The van der Waals surface area contributed by atoms with Crippen molar-refractivity contribution in [3.63, 3.8) is 0 Å². The molecule has 26 heavy (non-hydrogen) atoms. The first kappa shape index (κ1) is 16.8. The topological polar surface area (TPSA) is 42.0 Å². The fraction of sp³-hybridized carbons (Fsp3) is 0.0476. The van der Waals surface area contributed by atoms with Crippen LogP contribution in [0.2, 0.25) is 0 Å². The number of hydrogen-bond acceptors (Lipinski definition) is 4. The minimum absolute atomic E-state index is 0.101. The normalized spacial score (nSPS) is 10.8. The van der Waals surface area contributed by atoms with Crippen LogP contribution in [0.25, 0.3) is 10.9 Å². The molecule has 0 bridgehead atoms. The first-order chi connectivity index (χ1) is 12.8. The number of thiophene rings is 1.